The van der Waals surface area contributed by atoms with Gasteiger partial charge >= 0.3 is 0 Å². The summed E-state index contributed by atoms with van der Waals surface area (Å²) in [6.07, 6.45) is 7.62. The predicted molar refractivity (Wildman–Crippen MR) is 123 cm³/mol. The van der Waals surface area contributed by atoms with Crippen LogP contribution < -0.4 is 5.32 Å². The van der Waals surface area contributed by atoms with Gasteiger partial charge in [-0.1, -0.05) is 0 Å². The van der Waals surface area contributed by atoms with Crippen molar-refractivity contribution in [1.82, 2.24) is 9.62 Å². The smallest absolute Gasteiger partial charge is 0.251 e. The molecule has 1 saturated heterocycles. The van der Waals surface area contributed by atoms with E-state index in [1.54, 1.807) is 24.3 Å². The molecule has 0 aromatic heterocycles. The molecule has 4 aliphatic carbocycles. The zero-order valence-corrected chi connectivity index (χ0v) is 20.2. The molecule has 7 heteroatoms. The lowest BCUT2D eigenvalue weighted by Crippen LogP contribution is -2.55. The molecule has 6 nitrogen and oxygen atoms in total. The maximum absolute atomic E-state index is 13.1. The summed E-state index contributed by atoms with van der Waals surface area (Å²) in [5, 5.41) is 3.27. The van der Waals surface area contributed by atoms with Crippen molar-refractivity contribution < 1.29 is 17.9 Å². The largest absolute Gasteiger partial charge is 0.373 e. The zero-order chi connectivity index (χ0) is 22.7. The Bertz CT molecular complexity index is 929. The van der Waals surface area contributed by atoms with Gasteiger partial charge < -0.3 is 10.1 Å². The van der Waals surface area contributed by atoms with Gasteiger partial charge in [0, 0.05) is 24.7 Å². The molecule has 0 radical (unpaired) electrons. The van der Waals surface area contributed by atoms with Gasteiger partial charge in [-0.3, -0.25) is 4.79 Å². The number of hydrogen-bond acceptors (Lipinski definition) is 4. The van der Waals surface area contributed by atoms with Crippen LogP contribution in [0.5, 0.6) is 0 Å². The first-order valence-corrected chi connectivity index (χ1v) is 13.7. The number of benzene rings is 1. The third kappa shape index (κ3) is 4.01. The number of nitrogens with one attached hydrogen (secondary N) is 1. The van der Waals surface area contributed by atoms with Gasteiger partial charge in [0.1, 0.15) is 0 Å². The molecule has 1 aliphatic heterocycles. The fraction of sp³-hybridized carbons (Fsp3) is 0.720. The van der Waals surface area contributed by atoms with Crippen LogP contribution >= 0.6 is 0 Å². The lowest BCUT2D eigenvalue weighted by atomic mass is 9.48. The molecular formula is C25H36N2O4S. The molecule has 6 rings (SSSR count). The molecule has 1 N–H and O–H groups in total. The summed E-state index contributed by atoms with van der Waals surface area (Å²) < 4.78 is 33.3. The molecule has 1 aromatic rings. The van der Waals surface area contributed by atoms with Gasteiger partial charge in [0.25, 0.3) is 5.91 Å². The summed E-state index contributed by atoms with van der Waals surface area (Å²) in [5.74, 6) is 2.42. The van der Waals surface area contributed by atoms with Gasteiger partial charge in [0.2, 0.25) is 10.0 Å². The second kappa shape index (κ2) is 8.10. The third-order valence-corrected chi connectivity index (χ3v) is 10.3. The molecule has 5 aliphatic rings. The van der Waals surface area contributed by atoms with Crippen LogP contribution in [0.2, 0.25) is 0 Å². The lowest BCUT2D eigenvalue weighted by Gasteiger charge is -2.59. The highest BCUT2D eigenvalue weighted by Gasteiger charge is 2.53. The Hall–Kier alpha value is -1.44. The van der Waals surface area contributed by atoms with Crippen molar-refractivity contribution in [2.24, 2.45) is 23.2 Å². The molecule has 1 amide bonds. The van der Waals surface area contributed by atoms with E-state index < -0.39 is 10.0 Å². The standard InChI is InChI=1S/C25H36N2O4S/c1-16-14-27(15-17(2)31-16)32(29,30)23-6-4-22(5-7-23)24(28)26-18(3)25-11-19-8-20(12-25)10-21(9-19)13-25/h4-7,16-21H,8-15H2,1-3H3,(H,26,28). The van der Waals surface area contributed by atoms with Crippen molar-refractivity contribution >= 4 is 15.9 Å². The Morgan fingerprint density at radius 1 is 1.00 bits per heavy atom. The quantitative estimate of drug-likeness (QED) is 0.725. The van der Waals surface area contributed by atoms with Crippen molar-refractivity contribution in [3.05, 3.63) is 29.8 Å². The molecule has 176 valence electrons. The SMILES string of the molecule is CC1CN(S(=O)(=O)c2ccc(C(=O)NC(C)C34CC5CC(CC(C5)C3)C4)cc2)CC(C)O1. The van der Waals surface area contributed by atoms with E-state index in [4.69, 9.17) is 4.74 Å². The molecule has 1 aromatic carbocycles. The van der Waals surface area contributed by atoms with Crippen LogP contribution in [0.15, 0.2) is 29.2 Å². The topological polar surface area (TPSA) is 75.7 Å². The summed E-state index contributed by atoms with van der Waals surface area (Å²) >= 11 is 0. The van der Waals surface area contributed by atoms with Crippen molar-refractivity contribution in [3.63, 3.8) is 0 Å². The highest BCUT2D eigenvalue weighted by molar-refractivity contribution is 7.89. The van der Waals surface area contributed by atoms with E-state index in [1.807, 2.05) is 13.8 Å². The fourth-order valence-electron chi connectivity index (χ4n) is 7.40. The van der Waals surface area contributed by atoms with E-state index >= 15 is 0 Å². The van der Waals surface area contributed by atoms with Crippen LogP contribution in [0.25, 0.3) is 0 Å². The highest BCUT2D eigenvalue weighted by atomic mass is 32.2. The first kappa shape index (κ1) is 22.4. The van der Waals surface area contributed by atoms with Crippen molar-refractivity contribution in [2.45, 2.75) is 82.4 Å². The number of ether oxygens (including phenoxy) is 1. The van der Waals surface area contributed by atoms with Gasteiger partial charge in [-0.25, -0.2) is 8.42 Å². The van der Waals surface area contributed by atoms with Crippen LogP contribution in [-0.4, -0.2) is 50.0 Å². The zero-order valence-electron chi connectivity index (χ0n) is 19.4. The van der Waals surface area contributed by atoms with E-state index in [0.29, 0.717) is 18.7 Å². The molecule has 0 spiro atoms. The number of nitrogens with zero attached hydrogens (tertiary/aromatic N) is 1. The predicted octanol–water partition coefficient (Wildman–Crippen LogP) is 3.82. The number of hydrogen-bond donors (Lipinski definition) is 1. The van der Waals surface area contributed by atoms with Gasteiger partial charge in [-0.05, 0) is 107 Å². The maximum Gasteiger partial charge on any atom is 0.251 e. The minimum Gasteiger partial charge on any atom is -0.373 e. The van der Waals surface area contributed by atoms with Crippen molar-refractivity contribution in [1.29, 1.82) is 0 Å². The molecule has 1 heterocycles. The first-order chi connectivity index (χ1) is 15.1. The Kier molecular flexibility index (Phi) is 5.66. The Balaban J connectivity index is 1.26. The van der Waals surface area contributed by atoms with E-state index in [2.05, 4.69) is 12.2 Å². The second-order valence-corrected chi connectivity index (χ2v) is 13.0. The van der Waals surface area contributed by atoms with Crippen LogP contribution in [0.3, 0.4) is 0 Å². The van der Waals surface area contributed by atoms with Crippen LogP contribution in [0.4, 0.5) is 0 Å². The molecule has 4 bridgehead atoms. The van der Waals surface area contributed by atoms with E-state index in [9.17, 15) is 13.2 Å². The average molecular weight is 461 g/mol. The average Bonchev–Trinajstić information content (AvgIpc) is 2.72. The third-order valence-electron chi connectivity index (χ3n) is 8.49. The number of carbonyl (C=O) groups is 1. The first-order valence-electron chi connectivity index (χ1n) is 12.2. The van der Waals surface area contributed by atoms with Gasteiger partial charge in [0.05, 0.1) is 17.1 Å². The molecule has 32 heavy (non-hydrogen) atoms. The normalized spacial score (nSPS) is 37.9. The minimum atomic E-state index is -3.60. The summed E-state index contributed by atoms with van der Waals surface area (Å²) in [7, 11) is -3.60. The van der Waals surface area contributed by atoms with E-state index in [-0.39, 0.29) is 34.5 Å². The van der Waals surface area contributed by atoms with E-state index in [1.165, 1.54) is 42.8 Å². The van der Waals surface area contributed by atoms with E-state index in [0.717, 1.165) is 17.8 Å². The van der Waals surface area contributed by atoms with Gasteiger partial charge in [-0.15, -0.1) is 0 Å². The Morgan fingerprint density at radius 3 is 2.00 bits per heavy atom. The van der Waals surface area contributed by atoms with Crippen molar-refractivity contribution in [2.75, 3.05) is 13.1 Å². The molecule has 3 atom stereocenters. The van der Waals surface area contributed by atoms with Crippen LogP contribution in [0.1, 0.15) is 69.7 Å². The number of morpholine rings is 1. The van der Waals surface area contributed by atoms with Gasteiger partial charge in [-0.2, -0.15) is 4.31 Å². The van der Waals surface area contributed by atoms with Crippen LogP contribution in [0, 0.1) is 23.2 Å². The second-order valence-electron chi connectivity index (χ2n) is 11.1. The molecule has 3 unspecified atom stereocenters. The number of carbonyl (C=O) groups excluding carboxylic acids is 1. The summed E-state index contributed by atoms with van der Waals surface area (Å²) in [6.45, 7) is 6.63. The number of sulfonamides is 1. The summed E-state index contributed by atoms with van der Waals surface area (Å²) in [4.78, 5) is 13.2. The van der Waals surface area contributed by atoms with Crippen LogP contribution in [-0.2, 0) is 14.8 Å². The van der Waals surface area contributed by atoms with Gasteiger partial charge in [0.15, 0.2) is 0 Å². The molecular weight excluding hydrogens is 424 g/mol. The maximum atomic E-state index is 13.1. The number of rotatable bonds is 5. The Labute approximate surface area is 192 Å². The minimum absolute atomic E-state index is 0.106. The highest BCUT2D eigenvalue weighted by Crippen LogP contribution is 2.61. The number of amides is 1. The monoisotopic (exact) mass is 460 g/mol. The Morgan fingerprint density at radius 2 is 1.50 bits per heavy atom. The molecule has 5 fully saturated rings. The fourth-order valence-corrected chi connectivity index (χ4v) is 8.99. The molecule has 4 saturated carbocycles. The lowest BCUT2D eigenvalue weighted by molar-refractivity contribution is -0.0688. The summed E-state index contributed by atoms with van der Waals surface area (Å²) in [5.41, 5.74) is 0.765. The summed E-state index contributed by atoms with van der Waals surface area (Å²) in [6, 6.07) is 6.54. The van der Waals surface area contributed by atoms with Crippen molar-refractivity contribution in [3.8, 4) is 0 Å².